The van der Waals surface area contributed by atoms with Crippen LogP contribution in [0.1, 0.15) is 33.6 Å². The van der Waals surface area contributed by atoms with Crippen LogP contribution in [0.25, 0.3) is 0 Å². The van der Waals surface area contributed by atoms with Gasteiger partial charge in [0.2, 0.25) is 0 Å². The van der Waals surface area contributed by atoms with Crippen molar-refractivity contribution in [3.63, 3.8) is 0 Å². The van der Waals surface area contributed by atoms with Gasteiger partial charge in [-0.05, 0) is 26.7 Å². The van der Waals surface area contributed by atoms with E-state index >= 15 is 0 Å². The molecule has 1 N–H and O–H groups in total. The Balaban J connectivity index is 2.50. The first-order chi connectivity index (χ1) is 5.15. The molecule has 0 radical (unpaired) electrons. The number of hydrogen-bond acceptors (Lipinski definition) is 2. The molecule has 2 unspecified atom stereocenters. The largest absolute Gasteiger partial charge is 0.392 e. The molecular weight excluding hydrogens is 138 g/mol. The normalized spacial score (nSPS) is 33.5. The van der Waals surface area contributed by atoms with E-state index in [9.17, 15) is 5.11 Å². The predicted octanol–water partition coefficient (Wildman–Crippen LogP) is 1.24. The molecule has 2 atom stereocenters. The maximum atomic E-state index is 9.41. The molecule has 0 amide bonds. The van der Waals surface area contributed by atoms with Crippen LogP contribution in [-0.2, 0) is 0 Å². The SMILES string of the molecule is CCC1CC(O)CN1C(C)C. The molecule has 1 rings (SSSR count). The van der Waals surface area contributed by atoms with Gasteiger partial charge in [-0.3, -0.25) is 4.90 Å². The minimum atomic E-state index is -0.0812. The van der Waals surface area contributed by atoms with Crippen molar-refractivity contribution in [3.8, 4) is 0 Å². The van der Waals surface area contributed by atoms with Gasteiger partial charge in [-0.25, -0.2) is 0 Å². The Morgan fingerprint density at radius 1 is 1.55 bits per heavy atom. The maximum absolute atomic E-state index is 9.41. The van der Waals surface area contributed by atoms with Crippen molar-refractivity contribution in [1.29, 1.82) is 0 Å². The van der Waals surface area contributed by atoms with Crippen molar-refractivity contribution in [1.82, 2.24) is 4.90 Å². The van der Waals surface area contributed by atoms with Gasteiger partial charge in [0.05, 0.1) is 6.10 Å². The summed E-state index contributed by atoms with van der Waals surface area (Å²) >= 11 is 0. The van der Waals surface area contributed by atoms with E-state index < -0.39 is 0 Å². The first kappa shape index (κ1) is 9.01. The van der Waals surface area contributed by atoms with Crippen molar-refractivity contribution >= 4 is 0 Å². The van der Waals surface area contributed by atoms with Gasteiger partial charge in [-0.2, -0.15) is 0 Å². The van der Waals surface area contributed by atoms with Gasteiger partial charge in [0.25, 0.3) is 0 Å². The second-order valence-corrected chi connectivity index (χ2v) is 3.74. The zero-order chi connectivity index (χ0) is 8.43. The first-order valence-electron chi connectivity index (χ1n) is 4.59. The second kappa shape index (κ2) is 3.55. The highest BCUT2D eigenvalue weighted by atomic mass is 16.3. The summed E-state index contributed by atoms with van der Waals surface area (Å²) in [6.45, 7) is 7.45. The van der Waals surface area contributed by atoms with Crippen LogP contribution in [0.3, 0.4) is 0 Å². The third-order valence-electron chi connectivity index (χ3n) is 2.57. The van der Waals surface area contributed by atoms with Crippen molar-refractivity contribution in [2.24, 2.45) is 0 Å². The van der Waals surface area contributed by atoms with Crippen molar-refractivity contribution in [3.05, 3.63) is 0 Å². The number of likely N-dealkylation sites (tertiary alicyclic amines) is 1. The molecule has 2 nitrogen and oxygen atoms in total. The van der Waals surface area contributed by atoms with Gasteiger partial charge in [0.1, 0.15) is 0 Å². The molecule has 1 aliphatic heterocycles. The van der Waals surface area contributed by atoms with Crippen LogP contribution in [-0.4, -0.2) is 34.7 Å². The Labute approximate surface area is 69.2 Å². The molecule has 0 spiro atoms. The van der Waals surface area contributed by atoms with E-state index in [1.807, 2.05) is 0 Å². The highest BCUT2D eigenvalue weighted by molar-refractivity contribution is 4.85. The summed E-state index contributed by atoms with van der Waals surface area (Å²) in [5.41, 5.74) is 0. The van der Waals surface area contributed by atoms with Gasteiger partial charge in [-0.15, -0.1) is 0 Å². The van der Waals surface area contributed by atoms with Gasteiger partial charge in [0, 0.05) is 18.6 Å². The lowest BCUT2D eigenvalue weighted by molar-refractivity contribution is 0.158. The standard InChI is InChI=1S/C9H19NO/c1-4-8-5-9(11)6-10(8)7(2)3/h7-9,11H,4-6H2,1-3H3. The molecule has 0 bridgehead atoms. The summed E-state index contributed by atoms with van der Waals surface area (Å²) in [5.74, 6) is 0. The van der Waals surface area contributed by atoms with Gasteiger partial charge >= 0.3 is 0 Å². The van der Waals surface area contributed by atoms with E-state index in [1.165, 1.54) is 0 Å². The highest BCUT2D eigenvalue weighted by Gasteiger charge is 2.30. The van der Waals surface area contributed by atoms with Gasteiger partial charge < -0.3 is 5.11 Å². The first-order valence-corrected chi connectivity index (χ1v) is 4.59. The average Bonchev–Trinajstić information content (AvgIpc) is 2.30. The Morgan fingerprint density at radius 3 is 2.55 bits per heavy atom. The van der Waals surface area contributed by atoms with E-state index in [2.05, 4.69) is 25.7 Å². The van der Waals surface area contributed by atoms with Crippen LogP contribution in [0.2, 0.25) is 0 Å². The van der Waals surface area contributed by atoms with Gasteiger partial charge in [-0.1, -0.05) is 6.92 Å². The minimum Gasteiger partial charge on any atom is -0.392 e. The molecule has 0 aliphatic carbocycles. The molecule has 66 valence electrons. The van der Waals surface area contributed by atoms with Crippen LogP contribution < -0.4 is 0 Å². The molecule has 0 aromatic rings. The van der Waals surface area contributed by atoms with Crippen molar-refractivity contribution in [2.45, 2.75) is 51.8 Å². The molecule has 2 heteroatoms. The monoisotopic (exact) mass is 157 g/mol. The molecule has 1 heterocycles. The quantitative estimate of drug-likeness (QED) is 0.652. The third kappa shape index (κ3) is 1.94. The summed E-state index contributed by atoms with van der Waals surface area (Å²) in [4.78, 5) is 2.39. The van der Waals surface area contributed by atoms with Crippen LogP contribution in [0, 0.1) is 0 Å². The van der Waals surface area contributed by atoms with Crippen LogP contribution in [0.4, 0.5) is 0 Å². The Bertz CT molecular complexity index is 125. The lowest BCUT2D eigenvalue weighted by Crippen LogP contribution is -2.35. The molecule has 0 aromatic heterocycles. The third-order valence-corrected chi connectivity index (χ3v) is 2.57. The van der Waals surface area contributed by atoms with E-state index in [0.29, 0.717) is 12.1 Å². The van der Waals surface area contributed by atoms with Crippen molar-refractivity contribution in [2.75, 3.05) is 6.54 Å². The zero-order valence-corrected chi connectivity index (χ0v) is 7.75. The smallest absolute Gasteiger partial charge is 0.0682 e. The fourth-order valence-corrected chi connectivity index (χ4v) is 1.95. The lowest BCUT2D eigenvalue weighted by Gasteiger charge is -2.26. The van der Waals surface area contributed by atoms with Gasteiger partial charge in [0.15, 0.2) is 0 Å². The lowest BCUT2D eigenvalue weighted by atomic mass is 10.1. The van der Waals surface area contributed by atoms with E-state index in [1.54, 1.807) is 0 Å². The van der Waals surface area contributed by atoms with E-state index in [0.717, 1.165) is 19.4 Å². The Morgan fingerprint density at radius 2 is 2.18 bits per heavy atom. The summed E-state index contributed by atoms with van der Waals surface area (Å²) < 4.78 is 0. The number of rotatable bonds is 2. The topological polar surface area (TPSA) is 23.5 Å². The minimum absolute atomic E-state index is 0.0812. The maximum Gasteiger partial charge on any atom is 0.0682 e. The Kier molecular flexibility index (Phi) is 2.90. The highest BCUT2D eigenvalue weighted by Crippen LogP contribution is 2.22. The number of nitrogens with zero attached hydrogens (tertiary/aromatic N) is 1. The Hall–Kier alpha value is -0.0800. The predicted molar refractivity (Wildman–Crippen MR) is 46.5 cm³/mol. The molecule has 11 heavy (non-hydrogen) atoms. The molecular formula is C9H19NO. The van der Waals surface area contributed by atoms with Crippen molar-refractivity contribution < 1.29 is 5.11 Å². The fourth-order valence-electron chi connectivity index (χ4n) is 1.95. The van der Waals surface area contributed by atoms with Crippen LogP contribution >= 0.6 is 0 Å². The molecule has 1 saturated heterocycles. The summed E-state index contributed by atoms with van der Waals surface area (Å²) in [5, 5.41) is 9.41. The van der Waals surface area contributed by atoms with Crippen LogP contribution in [0.15, 0.2) is 0 Å². The number of aliphatic hydroxyl groups excluding tert-OH is 1. The fraction of sp³-hybridized carbons (Fsp3) is 1.00. The second-order valence-electron chi connectivity index (χ2n) is 3.74. The van der Waals surface area contributed by atoms with E-state index in [-0.39, 0.29) is 6.10 Å². The molecule has 1 fully saturated rings. The number of aliphatic hydroxyl groups is 1. The summed E-state index contributed by atoms with van der Waals surface area (Å²) in [6, 6.07) is 1.20. The summed E-state index contributed by atoms with van der Waals surface area (Å²) in [7, 11) is 0. The molecule has 0 saturated carbocycles. The molecule has 1 aliphatic rings. The summed E-state index contributed by atoms with van der Waals surface area (Å²) in [6.07, 6.45) is 2.05. The number of hydrogen-bond donors (Lipinski definition) is 1. The average molecular weight is 157 g/mol. The molecule has 0 aromatic carbocycles. The van der Waals surface area contributed by atoms with E-state index in [4.69, 9.17) is 0 Å². The zero-order valence-electron chi connectivity index (χ0n) is 7.75. The number of β-amino-alcohol motifs (C(OH)–C–C–N with tert-alkyl or cyclic N) is 1. The van der Waals surface area contributed by atoms with Crippen LogP contribution in [0.5, 0.6) is 0 Å².